The van der Waals surface area contributed by atoms with Gasteiger partial charge in [0.2, 0.25) is 0 Å². The molecule has 2 saturated heterocycles. The summed E-state index contributed by atoms with van der Waals surface area (Å²) in [7, 11) is 0. The fourth-order valence-electron chi connectivity index (χ4n) is 5.28. The lowest BCUT2D eigenvalue weighted by Gasteiger charge is -2.42. The number of allylic oxidation sites excluding steroid dienone is 1. The van der Waals surface area contributed by atoms with Gasteiger partial charge in [-0.2, -0.15) is 0 Å². The maximum absolute atomic E-state index is 12.6. The molecule has 2 heterocycles. The molecule has 0 radical (unpaired) electrons. The molecule has 4 rings (SSSR count). The van der Waals surface area contributed by atoms with E-state index in [1.54, 1.807) is 13.0 Å². The van der Waals surface area contributed by atoms with E-state index >= 15 is 0 Å². The first-order chi connectivity index (χ1) is 14.1. The first-order valence-electron chi connectivity index (χ1n) is 10.2. The summed E-state index contributed by atoms with van der Waals surface area (Å²) in [4.78, 5) is 25.0. The van der Waals surface area contributed by atoms with Gasteiger partial charge in [-0.3, -0.25) is 9.59 Å². The van der Waals surface area contributed by atoms with E-state index in [2.05, 4.69) is 0 Å². The van der Waals surface area contributed by atoms with Crippen molar-refractivity contribution in [2.75, 3.05) is 6.61 Å². The molecule has 0 amide bonds. The number of hydrogen-bond donors (Lipinski definition) is 4. The van der Waals surface area contributed by atoms with Gasteiger partial charge >= 0.3 is 5.97 Å². The largest absolute Gasteiger partial charge is 0.461 e. The number of carbonyl (C=O) groups excluding carboxylic acids is 2. The van der Waals surface area contributed by atoms with Gasteiger partial charge in [0.25, 0.3) is 0 Å². The van der Waals surface area contributed by atoms with E-state index in [0.717, 1.165) is 11.1 Å². The highest BCUT2D eigenvalue weighted by atomic mass is 16.7. The summed E-state index contributed by atoms with van der Waals surface area (Å²) in [5.74, 6) is -1.71. The number of carbonyl (C=O) groups is 2. The molecule has 0 spiro atoms. The van der Waals surface area contributed by atoms with E-state index in [1.807, 2.05) is 13.8 Å². The Kier molecular flexibility index (Phi) is 5.63. The molecule has 9 heteroatoms. The van der Waals surface area contributed by atoms with E-state index in [-0.39, 0.29) is 17.7 Å². The van der Waals surface area contributed by atoms with Gasteiger partial charge in [-0.05, 0) is 26.3 Å². The average molecular weight is 424 g/mol. The van der Waals surface area contributed by atoms with Crippen LogP contribution in [0.25, 0.3) is 0 Å². The maximum Gasteiger partial charge on any atom is 0.309 e. The van der Waals surface area contributed by atoms with Gasteiger partial charge in [-0.1, -0.05) is 18.1 Å². The molecule has 4 aliphatic rings. The highest BCUT2D eigenvalue weighted by Gasteiger charge is 2.56. The minimum Gasteiger partial charge on any atom is -0.461 e. The Morgan fingerprint density at radius 3 is 2.50 bits per heavy atom. The van der Waals surface area contributed by atoms with Crippen LogP contribution in [0.2, 0.25) is 0 Å². The van der Waals surface area contributed by atoms with Crippen LogP contribution in [0.15, 0.2) is 22.8 Å². The summed E-state index contributed by atoms with van der Waals surface area (Å²) in [6.45, 7) is 4.86. The molecule has 0 aromatic heterocycles. The van der Waals surface area contributed by atoms with Crippen LogP contribution in [0, 0.1) is 17.8 Å². The molecule has 0 aromatic rings. The molecule has 4 N–H and O–H groups in total. The monoisotopic (exact) mass is 424 g/mol. The molecule has 0 bridgehead atoms. The Balaban J connectivity index is 1.66. The Morgan fingerprint density at radius 1 is 1.13 bits per heavy atom. The number of hydrogen-bond acceptors (Lipinski definition) is 9. The van der Waals surface area contributed by atoms with E-state index in [9.17, 15) is 30.0 Å². The van der Waals surface area contributed by atoms with Crippen molar-refractivity contribution in [2.24, 2.45) is 17.8 Å². The van der Waals surface area contributed by atoms with Crippen molar-refractivity contribution < 1.29 is 44.2 Å². The van der Waals surface area contributed by atoms with Crippen molar-refractivity contribution in [3.05, 3.63) is 22.8 Å². The average Bonchev–Trinajstić information content (AvgIpc) is 3.11. The predicted octanol–water partition coefficient (Wildman–Crippen LogP) is -0.785. The highest BCUT2D eigenvalue weighted by Crippen LogP contribution is 2.49. The van der Waals surface area contributed by atoms with Crippen molar-refractivity contribution in [1.82, 2.24) is 0 Å². The van der Waals surface area contributed by atoms with E-state index < -0.39 is 61.4 Å². The Labute approximate surface area is 173 Å². The molecule has 0 saturated carbocycles. The summed E-state index contributed by atoms with van der Waals surface area (Å²) >= 11 is 0. The third-order valence-electron chi connectivity index (χ3n) is 6.89. The van der Waals surface area contributed by atoms with E-state index in [0.29, 0.717) is 12.0 Å². The third-order valence-corrected chi connectivity index (χ3v) is 6.89. The molecule has 2 aliphatic carbocycles. The summed E-state index contributed by atoms with van der Waals surface area (Å²) in [6, 6.07) is 0. The molecular formula is C21H28O9. The number of aliphatic hydroxyl groups excluding tert-OH is 4. The number of rotatable bonds is 3. The second-order valence-corrected chi connectivity index (χ2v) is 8.77. The Hall–Kier alpha value is -1.62. The van der Waals surface area contributed by atoms with Crippen molar-refractivity contribution in [1.29, 1.82) is 0 Å². The SMILES string of the molecule is CC1=CC(=O)C2=C(C)C[C@H](O[C@@H]3O[C@H](CO)[C@@H](O)[C@@H](O)[C@H]3O)[C@@H]3[C@H](OC(=O)[C@H]3C)[C@@H]12. The van der Waals surface area contributed by atoms with Crippen molar-refractivity contribution in [3.8, 4) is 0 Å². The second kappa shape index (κ2) is 7.81. The van der Waals surface area contributed by atoms with E-state index in [4.69, 9.17) is 14.2 Å². The van der Waals surface area contributed by atoms with Crippen LogP contribution in [0.1, 0.15) is 27.2 Å². The number of aliphatic hydroxyl groups is 4. The zero-order valence-corrected chi connectivity index (χ0v) is 17.1. The standard InChI is InChI=1S/C21H28O9/c1-7-4-10(23)13-8(2)5-11(15-9(3)20(27)30-19(15)14(7)13)28-21-18(26)17(25)16(24)12(6-22)29-21/h4,9,11-12,14-19,21-22,24-26H,5-6H2,1-3H3/t9-,11-,12+,14-,15+,16+,17+,18+,19+,21+/m0/s1. The van der Waals surface area contributed by atoms with E-state index in [1.165, 1.54) is 0 Å². The molecule has 0 aromatic carbocycles. The second-order valence-electron chi connectivity index (χ2n) is 8.77. The van der Waals surface area contributed by atoms with Crippen LogP contribution in [0.3, 0.4) is 0 Å². The lowest BCUT2D eigenvalue weighted by Crippen LogP contribution is -2.60. The minimum absolute atomic E-state index is 0.0992. The quantitative estimate of drug-likeness (QED) is 0.429. The smallest absolute Gasteiger partial charge is 0.309 e. The Bertz CT molecular complexity index is 800. The molecule has 9 nitrogen and oxygen atoms in total. The molecule has 10 atom stereocenters. The summed E-state index contributed by atoms with van der Waals surface area (Å²) in [6.07, 6.45) is -6.35. The topological polar surface area (TPSA) is 143 Å². The highest BCUT2D eigenvalue weighted by molar-refractivity contribution is 6.09. The summed E-state index contributed by atoms with van der Waals surface area (Å²) < 4.78 is 17.3. The fourth-order valence-corrected chi connectivity index (χ4v) is 5.28. The molecule has 0 unspecified atom stereocenters. The van der Waals surface area contributed by atoms with Gasteiger partial charge in [-0.25, -0.2) is 0 Å². The lowest BCUT2D eigenvalue weighted by molar-refractivity contribution is -0.316. The number of ketones is 1. The number of fused-ring (bicyclic) bond motifs is 3. The minimum atomic E-state index is -1.56. The first-order valence-corrected chi connectivity index (χ1v) is 10.2. The number of esters is 1. The van der Waals surface area contributed by atoms with Crippen LogP contribution >= 0.6 is 0 Å². The van der Waals surface area contributed by atoms with Gasteiger partial charge in [-0.15, -0.1) is 0 Å². The van der Waals surface area contributed by atoms with Gasteiger partial charge in [0.05, 0.1) is 18.6 Å². The Morgan fingerprint density at radius 2 is 1.83 bits per heavy atom. The maximum atomic E-state index is 12.6. The molecule has 2 aliphatic heterocycles. The summed E-state index contributed by atoms with van der Waals surface area (Å²) in [5.41, 5.74) is 2.26. The van der Waals surface area contributed by atoms with Crippen LogP contribution < -0.4 is 0 Å². The molecule has 166 valence electrons. The predicted molar refractivity (Wildman–Crippen MR) is 101 cm³/mol. The molecule has 30 heavy (non-hydrogen) atoms. The number of ether oxygens (including phenoxy) is 3. The fraction of sp³-hybridized carbons (Fsp3) is 0.714. The van der Waals surface area contributed by atoms with Crippen LogP contribution in [-0.2, 0) is 23.8 Å². The molecule has 2 fully saturated rings. The van der Waals surface area contributed by atoms with Gasteiger partial charge < -0.3 is 34.6 Å². The van der Waals surface area contributed by atoms with Crippen molar-refractivity contribution >= 4 is 11.8 Å². The van der Waals surface area contributed by atoms with Crippen LogP contribution in [0.4, 0.5) is 0 Å². The normalized spacial score (nSPS) is 46.3. The van der Waals surface area contributed by atoms with Crippen LogP contribution in [0.5, 0.6) is 0 Å². The summed E-state index contributed by atoms with van der Waals surface area (Å²) in [5, 5.41) is 39.9. The molecular weight excluding hydrogens is 396 g/mol. The van der Waals surface area contributed by atoms with Crippen LogP contribution in [-0.4, -0.2) is 81.7 Å². The zero-order chi connectivity index (χ0) is 21.9. The van der Waals surface area contributed by atoms with Gasteiger partial charge in [0, 0.05) is 17.4 Å². The third kappa shape index (κ3) is 3.24. The van der Waals surface area contributed by atoms with Gasteiger partial charge in [0.1, 0.15) is 30.5 Å². The first kappa shape index (κ1) is 21.6. The van der Waals surface area contributed by atoms with Gasteiger partial charge in [0.15, 0.2) is 12.1 Å². The zero-order valence-electron chi connectivity index (χ0n) is 17.1. The lowest BCUT2D eigenvalue weighted by atomic mass is 9.79. The van der Waals surface area contributed by atoms with Crippen molar-refractivity contribution in [3.63, 3.8) is 0 Å². The van der Waals surface area contributed by atoms with Crippen molar-refractivity contribution in [2.45, 2.75) is 70.1 Å².